The first-order chi connectivity index (χ1) is 9.17. The normalized spacial score (nSPS) is 23.5. The zero-order valence-corrected chi connectivity index (χ0v) is 15.0. The van der Waals surface area contributed by atoms with Crippen molar-refractivity contribution in [3.63, 3.8) is 0 Å². The van der Waals surface area contributed by atoms with Gasteiger partial charge in [-0.1, -0.05) is 55.8 Å². The van der Waals surface area contributed by atoms with Crippen molar-refractivity contribution in [2.45, 2.75) is 66.0 Å². The van der Waals surface area contributed by atoms with Crippen molar-refractivity contribution in [1.82, 2.24) is 5.32 Å². The molecule has 0 amide bonds. The van der Waals surface area contributed by atoms with E-state index in [1.165, 1.54) is 24.8 Å². The van der Waals surface area contributed by atoms with Gasteiger partial charge in [0.15, 0.2) is 0 Å². The van der Waals surface area contributed by atoms with Crippen molar-refractivity contribution in [2.75, 3.05) is 0 Å². The molecule has 1 aromatic carbocycles. The summed E-state index contributed by atoms with van der Waals surface area (Å²) in [6.45, 7) is 11.9. The summed E-state index contributed by atoms with van der Waals surface area (Å²) in [5.41, 5.74) is 2.26. The molecule has 1 aliphatic rings. The molecule has 0 aromatic heterocycles. The lowest BCUT2D eigenvalue weighted by Crippen LogP contribution is -2.44. The van der Waals surface area contributed by atoms with Crippen LogP contribution < -0.4 is 5.32 Å². The predicted molar refractivity (Wildman–Crippen MR) is 90.9 cm³/mol. The molecule has 1 aromatic rings. The van der Waals surface area contributed by atoms with Crippen molar-refractivity contribution < 1.29 is 0 Å². The van der Waals surface area contributed by atoms with Gasteiger partial charge in [0, 0.05) is 16.6 Å². The molecule has 20 heavy (non-hydrogen) atoms. The van der Waals surface area contributed by atoms with Gasteiger partial charge in [0.2, 0.25) is 0 Å². The van der Waals surface area contributed by atoms with Crippen LogP contribution in [0.3, 0.4) is 0 Å². The summed E-state index contributed by atoms with van der Waals surface area (Å²) in [7, 11) is 0. The summed E-state index contributed by atoms with van der Waals surface area (Å²) < 4.78 is 1.15. The van der Waals surface area contributed by atoms with Crippen LogP contribution in [0.5, 0.6) is 0 Å². The van der Waals surface area contributed by atoms with Crippen LogP contribution in [0.4, 0.5) is 0 Å². The first kappa shape index (κ1) is 16.0. The Bertz CT molecular complexity index is 431. The Morgan fingerprint density at radius 3 is 2.05 bits per heavy atom. The number of hydrogen-bond acceptors (Lipinski definition) is 1. The Balaban J connectivity index is 2.03. The van der Waals surface area contributed by atoms with Gasteiger partial charge in [-0.3, -0.25) is 0 Å². The second-order valence-electron chi connectivity index (χ2n) is 8.05. The van der Waals surface area contributed by atoms with Crippen LogP contribution in [0.2, 0.25) is 0 Å². The summed E-state index contributed by atoms with van der Waals surface area (Å²) in [5, 5.41) is 3.85. The number of rotatable bonds is 3. The summed E-state index contributed by atoms with van der Waals surface area (Å²) in [5.74, 6) is 0. The van der Waals surface area contributed by atoms with Crippen molar-refractivity contribution in [3.8, 4) is 0 Å². The molecule has 0 spiro atoms. The van der Waals surface area contributed by atoms with E-state index in [1.807, 2.05) is 0 Å². The molecular formula is C18H28BrN. The molecule has 112 valence electrons. The zero-order valence-electron chi connectivity index (χ0n) is 13.5. The van der Waals surface area contributed by atoms with Gasteiger partial charge in [0.1, 0.15) is 0 Å². The fraction of sp³-hybridized carbons (Fsp3) is 0.667. The Labute approximate surface area is 132 Å². The predicted octanol–water partition coefficient (Wildman–Crippen LogP) is 5.70. The summed E-state index contributed by atoms with van der Waals surface area (Å²) in [6.07, 6.45) is 3.87. The van der Waals surface area contributed by atoms with E-state index in [0.29, 0.717) is 22.9 Å². The van der Waals surface area contributed by atoms with E-state index in [4.69, 9.17) is 0 Å². The van der Waals surface area contributed by atoms with Gasteiger partial charge in [-0.25, -0.2) is 0 Å². The van der Waals surface area contributed by atoms with Crippen LogP contribution in [-0.2, 0) is 0 Å². The molecule has 1 aliphatic carbocycles. The van der Waals surface area contributed by atoms with Gasteiger partial charge in [-0.15, -0.1) is 0 Å². The highest BCUT2D eigenvalue weighted by molar-refractivity contribution is 9.10. The fourth-order valence-corrected chi connectivity index (χ4v) is 4.43. The topological polar surface area (TPSA) is 12.0 Å². The van der Waals surface area contributed by atoms with Crippen LogP contribution in [0.25, 0.3) is 0 Å². The molecular weight excluding hydrogens is 310 g/mol. The van der Waals surface area contributed by atoms with E-state index in [0.717, 1.165) is 4.47 Å². The minimum absolute atomic E-state index is 0.415. The quantitative estimate of drug-likeness (QED) is 0.745. The number of hydrogen-bond donors (Lipinski definition) is 1. The maximum Gasteiger partial charge on any atom is 0.0294 e. The van der Waals surface area contributed by atoms with Crippen LogP contribution in [-0.4, -0.2) is 6.04 Å². The smallest absolute Gasteiger partial charge is 0.0294 e. The van der Waals surface area contributed by atoms with Gasteiger partial charge in [-0.05, 0) is 54.7 Å². The third-order valence-corrected chi connectivity index (χ3v) is 4.94. The van der Waals surface area contributed by atoms with Gasteiger partial charge in [0.25, 0.3) is 0 Å². The Morgan fingerprint density at radius 2 is 1.55 bits per heavy atom. The molecule has 1 nitrogen and oxygen atoms in total. The second kappa shape index (κ2) is 5.81. The van der Waals surface area contributed by atoms with E-state index in [2.05, 4.69) is 80.1 Å². The Kier molecular flexibility index (Phi) is 4.66. The molecule has 1 fully saturated rings. The lowest BCUT2D eigenvalue weighted by molar-refractivity contribution is 0.0811. The van der Waals surface area contributed by atoms with Crippen LogP contribution in [0.1, 0.15) is 65.5 Å². The molecule has 0 unspecified atom stereocenters. The van der Waals surface area contributed by atoms with E-state index < -0.39 is 0 Å². The largest absolute Gasteiger partial charge is 0.307 e. The lowest BCUT2D eigenvalue weighted by atomic mass is 9.63. The highest BCUT2D eigenvalue weighted by Gasteiger charge is 2.38. The molecule has 2 rings (SSSR count). The zero-order chi connectivity index (χ0) is 15.0. The molecule has 1 atom stereocenters. The second-order valence-corrected chi connectivity index (χ2v) is 8.97. The monoisotopic (exact) mass is 337 g/mol. The van der Waals surface area contributed by atoms with Gasteiger partial charge in [0.05, 0.1) is 0 Å². The SMILES string of the molecule is C[C@@H](NC1CC(C)(C)CC(C)(C)C1)c1ccc(Br)cc1. The highest BCUT2D eigenvalue weighted by atomic mass is 79.9. The Morgan fingerprint density at radius 1 is 1.05 bits per heavy atom. The third-order valence-electron chi connectivity index (χ3n) is 4.41. The van der Waals surface area contributed by atoms with Crippen LogP contribution in [0, 0.1) is 10.8 Å². The van der Waals surface area contributed by atoms with Crippen LogP contribution in [0.15, 0.2) is 28.7 Å². The standard InChI is InChI=1S/C18H28BrN/c1-13(14-6-8-15(19)9-7-14)20-16-10-17(2,3)12-18(4,5)11-16/h6-9,13,16,20H,10-12H2,1-5H3/t13-/m1/s1. The number of halogens is 1. The Hall–Kier alpha value is -0.340. The van der Waals surface area contributed by atoms with E-state index in [1.54, 1.807) is 0 Å². The van der Waals surface area contributed by atoms with Crippen molar-refractivity contribution >= 4 is 15.9 Å². The average Bonchev–Trinajstić information content (AvgIpc) is 2.25. The maximum atomic E-state index is 3.85. The average molecular weight is 338 g/mol. The molecule has 0 bridgehead atoms. The molecule has 0 heterocycles. The molecule has 1 saturated carbocycles. The lowest BCUT2D eigenvalue weighted by Gasteiger charge is -2.46. The summed E-state index contributed by atoms with van der Waals surface area (Å²) in [4.78, 5) is 0. The van der Waals surface area contributed by atoms with Crippen molar-refractivity contribution in [3.05, 3.63) is 34.3 Å². The maximum absolute atomic E-state index is 3.85. The molecule has 0 saturated heterocycles. The molecule has 0 aliphatic heterocycles. The summed E-state index contributed by atoms with van der Waals surface area (Å²) in [6, 6.07) is 9.71. The molecule has 1 N–H and O–H groups in total. The minimum atomic E-state index is 0.415. The molecule has 2 heteroatoms. The van der Waals surface area contributed by atoms with Gasteiger partial charge in [-0.2, -0.15) is 0 Å². The molecule has 0 radical (unpaired) electrons. The minimum Gasteiger partial charge on any atom is -0.307 e. The van der Waals surface area contributed by atoms with Gasteiger partial charge < -0.3 is 5.32 Å². The first-order valence-electron chi connectivity index (χ1n) is 7.68. The highest BCUT2D eigenvalue weighted by Crippen LogP contribution is 2.46. The third kappa shape index (κ3) is 4.33. The number of benzene rings is 1. The van der Waals surface area contributed by atoms with Gasteiger partial charge >= 0.3 is 0 Å². The van der Waals surface area contributed by atoms with Crippen molar-refractivity contribution in [1.29, 1.82) is 0 Å². The van der Waals surface area contributed by atoms with Crippen molar-refractivity contribution in [2.24, 2.45) is 10.8 Å². The van der Waals surface area contributed by atoms with E-state index in [9.17, 15) is 0 Å². The fourth-order valence-electron chi connectivity index (χ4n) is 4.17. The number of nitrogens with one attached hydrogen (secondary N) is 1. The van der Waals surface area contributed by atoms with E-state index >= 15 is 0 Å². The van der Waals surface area contributed by atoms with E-state index in [-0.39, 0.29) is 0 Å². The van der Waals surface area contributed by atoms with Crippen LogP contribution >= 0.6 is 15.9 Å². The first-order valence-corrected chi connectivity index (χ1v) is 8.48. The summed E-state index contributed by atoms with van der Waals surface area (Å²) >= 11 is 3.50.